The molecule has 20 heavy (non-hydrogen) atoms. The Bertz CT molecular complexity index is 454. The van der Waals surface area contributed by atoms with Crippen molar-refractivity contribution in [3.8, 4) is 0 Å². The third kappa shape index (κ3) is 8.70. The number of carbonyl (C=O) groups excluding carboxylic acids is 1. The van der Waals surface area contributed by atoms with Crippen LogP contribution in [0.2, 0.25) is 0 Å². The molecule has 8 nitrogen and oxygen atoms in total. The van der Waals surface area contributed by atoms with Gasteiger partial charge in [0.2, 0.25) is 0 Å². The highest BCUT2D eigenvalue weighted by molar-refractivity contribution is 7.90. The number of hydrogen-bond donors (Lipinski definition) is 3. The molecule has 0 bridgehead atoms. The molecule has 118 valence electrons. The lowest BCUT2D eigenvalue weighted by atomic mass is 10.1. The molecule has 0 aliphatic rings. The monoisotopic (exact) mass is 310 g/mol. The van der Waals surface area contributed by atoms with Gasteiger partial charge in [0.1, 0.15) is 15.9 Å². The fraction of sp³-hybridized carbons (Fsp3) is 0.818. The van der Waals surface area contributed by atoms with E-state index in [1.54, 1.807) is 0 Å². The van der Waals surface area contributed by atoms with Crippen molar-refractivity contribution in [3.63, 3.8) is 0 Å². The zero-order valence-corrected chi connectivity index (χ0v) is 12.9. The largest absolute Gasteiger partial charge is 0.480 e. The maximum atomic E-state index is 11.8. The number of aliphatic hydroxyl groups is 1. The lowest BCUT2D eigenvalue weighted by Crippen LogP contribution is -2.50. The molecule has 0 radical (unpaired) electrons. The van der Waals surface area contributed by atoms with Crippen LogP contribution in [0.1, 0.15) is 20.3 Å². The number of amides is 2. The molecular weight excluding hydrogens is 288 g/mol. The van der Waals surface area contributed by atoms with Crippen molar-refractivity contribution in [2.75, 3.05) is 25.6 Å². The van der Waals surface area contributed by atoms with Gasteiger partial charge in [0, 0.05) is 13.3 Å². The van der Waals surface area contributed by atoms with Crippen LogP contribution in [-0.4, -0.2) is 72.8 Å². The fourth-order valence-corrected chi connectivity index (χ4v) is 2.16. The SMILES string of the molecule is CN(CC(C)(C)O)C(=O)NC(CCS(C)(=O)=O)C(=O)O. The van der Waals surface area contributed by atoms with Crippen molar-refractivity contribution in [2.45, 2.75) is 31.9 Å². The topological polar surface area (TPSA) is 124 Å². The number of likely N-dealkylation sites (N-methyl/N-ethyl adjacent to an activating group) is 1. The first-order valence-electron chi connectivity index (χ1n) is 5.96. The van der Waals surface area contributed by atoms with E-state index in [2.05, 4.69) is 5.32 Å². The second kappa shape index (κ2) is 6.89. The highest BCUT2D eigenvalue weighted by Gasteiger charge is 2.25. The molecule has 0 aromatic rings. The van der Waals surface area contributed by atoms with E-state index in [0.717, 1.165) is 11.2 Å². The van der Waals surface area contributed by atoms with Crippen LogP contribution < -0.4 is 5.32 Å². The summed E-state index contributed by atoms with van der Waals surface area (Å²) in [5, 5.41) is 20.8. The van der Waals surface area contributed by atoms with Crippen molar-refractivity contribution >= 4 is 21.8 Å². The second-order valence-corrected chi connectivity index (χ2v) is 7.69. The van der Waals surface area contributed by atoms with E-state index in [-0.39, 0.29) is 18.7 Å². The van der Waals surface area contributed by atoms with E-state index in [4.69, 9.17) is 5.11 Å². The molecule has 0 spiro atoms. The van der Waals surface area contributed by atoms with Crippen LogP contribution in [0.3, 0.4) is 0 Å². The highest BCUT2D eigenvalue weighted by atomic mass is 32.2. The van der Waals surface area contributed by atoms with Crippen molar-refractivity contribution in [3.05, 3.63) is 0 Å². The van der Waals surface area contributed by atoms with Gasteiger partial charge in [-0.25, -0.2) is 18.0 Å². The van der Waals surface area contributed by atoms with Crippen molar-refractivity contribution < 1.29 is 28.2 Å². The summed E-state index contributed by atoms with van der Waals surface area (Å²) in [5.41, 5.74) is -1.11. The zero-order chi connectivity index (χ0) is 16.1. The Morgan fingerprint density at radius 3 is 2.20 bits per heavy atom. The van der Waals surface area contributed by atoms with Gasteiger partial charge in [-0.15, -0.1) is 0 Å². The molecule has 1 atom stereocenters. The molecule has 9 heteroatoms. The van der Waals surface area contributed by atoms with Gasteiger partial charge in [-0.3, -0.25) is 0 Å². The number of rotatable bonds is 7. The number of nitrogens with zero attached hydrogens (tertiary/aromatic N) is 1. The lowest BCUT2D eigenvalue weighted by molar-refractivity contribution is -0.139. The van der Waals surface area contributed by atoms with Gasteiger partial charge in [0.05, 0.1) is 17.9 Å². The maximum Gasteiger partial charge on any atom is 0.326 e. The molecule has 0 aromatic heterocycles. The van der Waals surface area contributed by atoms with Gasteiger partial charge < -0.3 is 20.4 Å². The number of hydrogen-bond acceptors (Lipinski definition) is 5. The summed E-state index contributed by atoms with van der Waals surface area (Å²) in [7, 11) is -1.90. The number of carboxylic acid groups (broad SMARTS) is 1. The van der Waals surface area contributed by atoms with Crippen LogP contribution in [0.15, 0.2) is 0 Å². The number of sulfone groups is 1. The normalized spacial score (nSPS) is 13.7. The Labute approximate surface area is 118 Å². The number of carbonyl (C=O) groups is 2. The van der Waals surface area contributed by atoms with Crippen molar-refractivity contribution in [2.24, 2.45) is 0 Å². The van der Waals surface area contributed by atoms with E-state index in [1.165, 1.54) is 20.9 Å². The number of urea groups is 1. The predicted octanol–water partition coefficient (Wildman–Crippen LogP) is -0.713. The quantitative estimate of drug-likeness (QED) is 0.570. The summed E-state index contributed by atoms with van der Waals surface area (Å²) in [6.45, 7) is 3.03. The molecule has 0 saturated heterocycles. The Hall–Kier alpha value is -1.35. The summed E-state index contributed by atoms with van der Waals surface area (Å²) < 4.78 is 22.0. The Morgan fingerprint density at radius 2 is 1.85 bits per heavy atom. The van der Waals surface area contributed by atoms with Gasteiger partial charge in [-0.1, -0.05) is 0 Å². The average Bonchev–Trinajstić information content (AvgIpc) is 2.19. The summed E-state index contributed by atoms with van der Waals surface area (Å²) >= 11 is 0. The van der Waals surface area contributed by atoms with Gasteiger partial charge in [-0.05, 0) is 20.3 Å². The minimum Gasteiger partial charge on any atom is -0.480 e. The smallest absolute Gasteiger partial charge is 0.326 e. The third-order valence-corrected chi connectivity index (χ3v) is 3.32. The molecule has 0 aromatic carbocycles. The van der Waals surface area contributed by atoms with Crippen LogP contribution in [-0.2, 0) is 14.6 Å². The summed E-state index contributed by atoms with van der Waals surface area (Å²) in [4.78, 5) is 23.9. The molecular formula is C11H22N2O6S. The Morgan fingerprint density at radius 1 is 1.35 bits per heavy atom. The van der Waals surface area contributed by atoms with Crippen molar-refractivity contribution in [1.82, 2.24) is 10.2 Å². The molecule has 1 unspecified atom stereocenters. The van der Waals surface area contributed by atoms with E-state index >= 15 is 0 Å². The van der Waals surface area contributed by atoms with Gasteiger partial charge in [0.15, 0.2) is 0 Å². The number of aliphatic carboxylic acids is 1. The van der Waals surface area contributed by atoms with E-state index in [9.17, 15) is 23.1 Å². The van der Waals surface area contributed by atoms with Crippen LogP contribution in [0.25, 0.3) is 0 Å². The zero-order valence-electron chi connectivity index (χ0n) is 12.1. The van der Waals surface area contributed by atoms with E-state index < -0.39 is 33.5 Å². The summed E-state index contributed by atoms with van der Waals surface area (Å²) in [6.07, 6.45) is 0.782. The molecule has 2 amide bonds. The lowest BCUT2D eigenvalue weighted by Gasteiger charge is -2.27. The first-order chi connectivity index (χ1) is 8.82. The first-order valence-corrected chi connectivity index (χ1v) is 8.02. The molecule has 0 fully saturated rings. The Kier molecular flexibility index (Phi) is 6.42. The molecule has 0 heterocycles. The van der Waals surface area contributed by atoms with E-state index in [0.29, 0.717) is 0 Å². The predicted molar refractivity (Wildman–Crippen MR) is 73.2 cm³/mol. The maximum absolute atomic E-state index is 11.8. The van der Waals surface area contributed by atoms with Gasteiger partial charge in [-0.2, -0.15) is 0 Å². The van der Waals surface area contributed by atoms with Crippen LogP contribution >= 0.6 is 0 Å². The molecule has 3 N–H and O–H groups in total. The summed E-state index contributed by atoms with van der Waals surface area (Å²) in [5.74, 6) is -1.64. The number of nitrogens with one attached hydrogen (secondary N) is 1. The fourth-order valence-electron chi connectivity index (χ4n) is 1.50. The van der Waals surface area contributed by atoms with Crippen molar-refractivity contribution in [1.29, 1.82) is 0 Å². The highest BCUT2D eigenvalue weighted by Crippen LogP contribution is 2.04. The average molecular weight is 310 g/mol. The number of carboxylic acids is 1. The molecule has 0 rings (SSSR count). The standard InChI is InChI=1S/C11H22N2O6S/c1-11(2,17)7-13(3)10(16)12-8(9(14)15)5-6-20(4,18)19/h8,17H,5-7H2,1-4H3,(H,12,16)(H,14,15). The minimum absolute atomic E-state index is 0.0112. The molecule has 0 aliphatic carbocycles. The third-order valence-electron chi connectivity index (χ3n) is 2.34. The molecule has 0 saturated carbocycles. The van der Waals surface area contributed by atoms with Gasteiger partial charge >= 0.3 is 12.0 Å². The second-order valence-electron chi connectivity index (χ2n) is 5.43. The van der Waals surface area contributed by atoms with Crippen LogP contribution in [0.5, 0.6) is 0 Å². The first kappa shape index (κ1) is 18.7. The van der Waals surface area contributed by atoms with Crippen LogP contribution in [0.4, 0.5) is 4.79 Å². The van der Waals surface area contributed by atoms with Crippen LogP contribution in [0, 0.1) is 0 Å². The Balaban J connectivity index is 4.60. The van der Waals surface area contributed by atoms with Gasteiger partial charge in [0.25, 0.3) is 0 Å². The molecule has 0 aliphatic heterocycles. The minimum atomic E-state index is -3.31. The van der Waals surface area contributed by atoms with E-state index in [1.807, 2.05) is 0 Å². The summed E-state index contributed by atoms with van der Waals surface area (Å²) in [6, 6.07) is -1.98.